The first-order valence-corrected chi connectivity index (χ1v) is 13.9. The van der Waals surface area contributed by atoms with Gasteiger partial charge in [0.15, 0.2) is 0 Å². The van der Waals surface area contributed by atoms with Gasteiger partial charge in [-0.3, -0.25) is 9.59 Å². The second-order valence-electron chi connectivity index (χ2n) is 9.46. The third-order valence-electron chi connectivity index (χ3n) is 7.08. The van der Waals surface area contributed by atoms with E-state index in [4.69, 9.17) is 11.6 Å². The lowest BCUT2D eigenvalue weighted by atomic mass is 9.81. The number of halogens is 2. The van der Waals surface area contributed by atoms with Crippen LogP contribution in [0.4, 0.5) is 15.8 Å². The third-order valence-corrected chi connectivity index (χ3v) is 8.08. The van der Waals surface area contributed by atoms with Crippen molar-refractivity contribution in [2.24, 2.45) is 0 Å². The van der Waals surface area contributed by atoms with Crippen molar-refractivity contribution in [3.05, 3.63) is 105 Å². The molecule has 39 heavy (non-hydrogen) atoms. The van der Waals surface area contributed by atoms with Gasteiger partial charge in [0.05, 0.1) is 18.7 Å². The SMILES string of the molecule is CSN1Cc2cc(NC(=O)c3ccc(F)cc3)ccc2-c2c(C)c(-c3ccc(Cl)cc3)c(CC(=O)O)c(C)c21. The van der Waals surface area contributed by atoms with Crippen molar-refractivity contribution in [3.63, 3.8) is 0 Å². The molecule has 1 aliphatic heterocycles. The lowest BCUT2D eigenvalue weighted by molar-refractivity contribution is -0.136. The van der Waals surface area contributed by atoms with Gasteiger partial charge in [-0.15, -0.1) is 0 Å². The summed E-state index contributed by atoms with van der Waals surface area (Å²) in [6.45, 7) is 4.60. The number of benzene rings is 4. The molecule has 0 spiro atoms. The molecule has 2 N–H and O–H groups in total. The molecule has 5 rings (SSSR count). The van der Waals surface area contributed by atoms with E-state index in [0.717, 1.165) is 50.2 Å². The van der Waals surface area contributed by atoms with E-state index < -0.39 is 11.8 Å². The summed E-state index contributed by atoms with van der Waals surface area (Å²) in [7, 11) is 0. The first kappa shape index (κ1) is 26.8. The highest BCUT2D eigenvalue weighted by Crippen LogP contribution is 2.50. The normalized spacial score (nSPS) is 12.1. The number of nitrogens with zero attached hydrogens (tertiary/aromatic N) is 1. The Morgan fingerprint density at radius 1 is 1.00 bits per heavy atom. The Morgan fingerprint density at radius 3 is 2.33 bits per heavy atom. The van der Waals surface area contributed by atoms with E-state index in [0.29, 0.717) is 22.8 Å². The molecule has 1 aliphatic rings. The number of carbonyl (C=O) groups is 2. The molecule has 0 radical (unpaired) electrons. The van der Waals surface area contributed by atoms with E-state index in [9.17, 15) is 19.1 Å². The molecular weight excluding hydrogens is 535 g/mol. The van der Waals surface area contributed by atoms with E-state index in [-0.39, 0.29) is 12.3 Å². The molecule has 0 unspecified atom stereocenters. The highest BCUT2D eigenvalue weighted by molar-refractivity contribution is 7.99. The zero-order valence-corrected chi connectivity index (χ0v) is 23.2. The molecule has 5 nitrogen and oxygen atoms in total. The van der Waals surface area contributed by atoms with E-state index in [1.54, 1.807) is 11.9 Å². The molecule has 4 aromatic rings. The quantitative estimate of drug-likeness (QED) is 0.234. The van der Waals surface area contributed by atoms with Crippen molar-refractivity contribution in [2.45, 2.75) is 26.8 Å². The zero-order chi connectivity index (χ0) is 27.8. The van der Waals surface area contributed by atoms with Gasteiger partial charge in [0.25, 0.3) is 5.91 Å². The zero-order valence-electron chi connectivity index (χ0n) is 21.6. The van der Waals surface area contributed by atoms with Crippen LogP contribution in [0.25, 0.3) is 22.3 Å². The summed E-state index contributed by atoms with van der Waals surface area (Å²) in [6, 6.07) is 18.7. The van der Waals surface area contributed by atoms with E-state index in [1.807, 2.05) is 62.6 Å². The molecule has 0 bridgehead atoms. The Morgan fingerprint density at radius 2 is 1.69 bits per heavy atom. The van der Waals surface area contributed by atoms with Crippen LogP contribution in [0, 0.1) is 19.7 Å². The second-order valence-corrected chi connectivity index (χ2v) is 10.7. The van der Waals surface area contributed by atoms with Crippen LogP contribution in [0.3, 0.4) is 0 Å². The molecule has 198 valence electrons. The van der Waals surface area contributed by atoms with E-state index in [2.05, 4.69) is 9.62 Å². The van der Waals surface area contributed by atoms with Crippen molar-refractivity contribution < 1.29 is 19.1 Å². The average Bonchev–Trinajstić information content (AvgIpc) is 2.91. The molecule has 0 aliphatic carbocycles. The second kappa shape index (κ2) is 10.8. The van der Waals surface area contributed by atoms with Gasteiger partial charge in [-0.1, -0.05) is 41.7 Å². The Balaban J connectivity index is 1.65. The van der Waals surface area contributed by atoms with Crippen LogP contribution < -0.4 is 9.62 Å². The van der Waals surface area contributed by atoms with Gasteiger partial charge >= 0.3 is 5.97 Å². The number of rotatable bonds is 6. The largest absolute Gasteiger partial charge is 0.481 e. The number of amides is 1. The van der Waals surface area contributed by atoms with Crippen molar-refractivity contribution in [1.82, 2.24) is 0 Å². The Hall–Kier alpha value is -3.81. The summed E-state index contributed by atoms with van der Waals surface area (Å²) in [5.74, 6) is -1.60. The molecule has 1 heterocycles. The number of carboxylic acid groups (broad SMARTS) is 1. The molecule has 0 aromatic heterocycles. The van der Waals surface area contributed by atoms with Gasteiger partial charge in [-0.2, -0.15) is 0 Å². The lowest BCUT2D eigenvalue weighted by Gasteiger charge is -2.36. The number of carbonyl (C=O) groups excluding carboxylic acids is 1. The van der Waals surface area contributed by atoms with Gasteiger partial charge in [-0.25, -0.2) is 4.39 Å². The summed E-state index contributed by atoms with van der Waals surface area (Å²) in [4.78, 5) is 24.7. The molecule has 8 heteroatoms. The molecular formula is C31H26ClFN2O3S. The topological polar surface area (TPSA) is 69.6 Å². The predicted octanol–water partition coefficient (Wildman–Crippen LogP) is 7.91. The fourth-order valence-electron chi connectivity index (χ4n) is 5.31. The van der Waals surface area contributed by atoms with Gasteiger partial charge in [0.1, 0.15) is 5.82 Å². The minimum Gasteiger partial charge on any atom is -0.481 e. The number of hydrogen-bond donors (Lipinski definition) is 2. The number of anilines is 2. The van der Waals surface area contributed by atoms with E-state index >= 15 is 0 Å². The number of hydrogen-bond acceptors (Lipinski definition) is 4. The predicted molar refractivity (Wildman–Crippen MR) is 157 cm³/mol. The fraction of sp³-hybridized carbons (Fsp3) is 0.161. The Kier molecular flexibility index (Phi) is 7.38. The monoisotopic (exact) mass is 560 g/mol. The van der Waals surface area contributed by atoms with Crippen LogP contribution >= 0.6 is 23.5 Å². The highest BCUT2D eigenvalue weighted by Gasteiger charge is 2.30. The van der Waals surface area contributed by atoms with Crippen molar-refractivity contribution in [3.8, 4) is 22.3 Å². The van der Waals surface area contributed by atoms with Crippen LogP contribution in [-0.4, -0.2) is 23.2 Å². The van der Waals surface area contributed by atoms with Crippen molar-refractivity contribution >= 4 is 46.8 Å². The van der Waals surface area contributed by atoms with Crippen molar-refractivity contribution in [2.75, 3.05) is 15.9 Å². The maximum absolute atomic E-state index is 13.3. The van der Waals surface area contributed by atoms with Crippen LogP contribution in [0.5, 0.6) is 0 Å². The van der Waals surface area contributed by atoms with Crippen LogP contribution in [0.1, 0.15) is 32.6 Å². The first-order valence-electron chi connectivity index (χ1n) is 12.3. The summed E-state index contributed by atoms with van der Waals surface area (Å²) in [5.41, 5.74) is 9.62. The summed E-state index contributed by atoms with van der Waals surface area (Å²) in [6.07, 6.45) is 1.90. The molecule has 0 saturated carbocycles. The minimum absolute atomic E-state index is 0.0959. The Labute approximate surface area is 235 Å². The molecule has 0 atom stereocenters. The minimum atomic E-state index is -0.888. The molecule has 0 saturated heterocycles. The standard InChI is InChI=1S/C31H26ClFN2O3S/c1-17-26(15-27(36)37)28(19-4-8-22(32)9-5-19)18(2)29-25-13-12-24(14-21(25)16-35(39-3)30(17)29)34-31(38)20-6-10-23(33)11-7-20/h4-14H,15-16H2,1-3H3,(H,34,38)(H,36,37). The number of aliphatic carboxylic acids is 1. The smallest absolute Gasteiger partial charge is 0.307 e. The van der Waals surface area contributed by atoms with Crippen LogP contribution in [-0.2, 0) is 17.8 Å². The maximum Gasteiger partial charge on any atom is 0.307 e. The van der Waals surface area contributed by atoms with Crippen LogP contribution in [0.2, 0.25) is 5.02 Å². The first-order chi connectivity index (χ1) is 18.7. The molecule has 0 fully saturated rings. The summed E-state index contributed by atoms with van der Waals surface area (Å²) < 4.78 is 15.5. The van der Waals surface area contributed by atoms with Gasteiger partial charge in [0, 0.05) is 28.1 Å². The summed E-state index contributed by atoms with van der Waals surface area (Å²) in [5, 5.41) is 13.3. The van der Waals surface area contributed by atoms with Crippen LogP contribution in [0.15, 0.2) is 66.7 Å². The highest BCUT2D eigenvalue weighted by atomic mass is 35.5. The summed E-state index contributed by atoms with van der Waals surface area (Å²) >= 11 is 7.73. The maximum atomic E-state index is 13.3. The molecule has 4 aromatic carbocycles. The third kappa shape index (κ3) is 5.12. The van der Waals surface area contributed by atoms with Gasteiger partial charge < -0.3 is 14.7 Å². The number of nitrogens with one attached hydrogen (secondary N) is 1. The lowest BCUT2D eigenvalue weighted by Crippen LogP contribution is -2.23. The fourth-order valence-corrected chi connectivity index (χ4v) is 6.11. The number of fused-ring (bicyclic) bond motifs is 3. The molecule has 1 amide bonds. The van der Waals surface area contributed by atoms with E-state index in [1.165, 1.54) is 24.3 Å². The van der Waals surface area contributed by atoms with Gasteiger partial charge in [-0.05, 0) is 101 Å². The Bertz CT molecular complexity index is 1600. The van der Waals surface area contributed by atoms with Gasteiger partial charge in [0.2, 0.25) is 0 Å². The average molecular weight is 561 g/mol. The number of carboxylic acids is 1. The van der Waals surface area contributed by atoms with Crippen molar-refractivity contribution in [1.29, 1.82) is 0 Å².